The van der Waals surface area contributed by atoms with Gasteiger partial charge >= 0.3 is 11.9 Å². The van der Waals surface area contributed by atoms with Crippen LogP contribution in [-0.2, 0) is 23.9 Å². The molecule has 0 amide bonds. The first kappa shape index (κ1) is 17.1. The van der Waals surface area contributed by atoms with Crippen molar-refractivity contribution in [3.8, 4) is 0 Å². The zero-order valence-corrected chi connectivity index (χ0v) is 11.4. The predicted molar refractivity (Wildman–Crippen MR) is 70.3 cm³/mol. The third-order valence-corrected chi connectivity index (χ3v) is 2.51. The van der Waals surface area contributed by atoms with E-state index in [1.165, 1.54) is 18.2 Å². The summed E-state index contributed by atoms with van der Waals surface area (Å²) in [5.41, 5.74) is -1.46. The first-order valence-electron chi connectivity index (χ1n) is 6.14. The van der Waals surface area contributed by atoms with E-state index < -0.39 is 17.4 Å². The molecule has 19 heavy (non-hydrogen) atoms. The van der Waals surface area contributed by atoms with Gasteiger partial charge in [-0.3, -0.25) is 14.4 Å². The summed E-state index contributed by atoms with van der Waals surface area (Å²) in [4.78, 5) is 34.4. The number of esters is 2. The lowest BCUT2D eigenvalue weighted by atomic mass is 9.81. The highest BCUT2D eigenvalue weighted by Crippen LogP contribution is 2.31. The van der Waals surface area contributed by atoms with Crippen LogP contribution in [0.25, 0.3) is 0 Å². The molecule has 5 nitrogen and oxygen atoms in total. The molecule has 0 aromatic heterocycles. The van der Waals surface area contributed by atoms with Crippen molar-refractivity contribution in [1.29, 1.82) is 0 Å². The number of ether oxygens (including phenoxy) is 2. The van der Waals surface area contributed by atoms with Crippen LogP contribution in [0.4, 0.5) is 0 Å². The van der Waals surface area contributed by atoms with E-state index in [9.17, 15) is 14.4 Å². The predicted octanol–water partition coefficient (Wildman–Crippen LogP) is 1.82. The molecule has 5 heteroatoms. The van der Waals surface area contributed by atoms with Gasteiger partial charge in [0.1, 0.15) is 6.29 Å². The van der Waals surface area contributed by atoms with Crippen LogP contribution in [0.3, 0.4) is 0 Å². The van der Waals surface area contributed by atoms with Gasteiger partial charge in [0.2, 0.25) is 0 Å². The Morgan fingerprint density at radius 1 is 1.11 bits per heavy atom. The summed E-state index contributed by atoms with van der Waals surface area (Å²) in [5.74, 6) is -1.33. The molecule has 0 atom stereocenters. The highest BCUT2D eigenvalue weighted by molar-refractivity contribution is 6.00. The molecule has 0 aromatic rings. The average Bonchev–Trinajstić information content (AvgIpc) is 2.38. The lowest BCUT2D eigenvalue weighted by molar-refractivity contribution is -0.171. The first-order chi connectivity index (χ1) is 9.08. The van der Waals surface area contributed by atoms with Crippen molar-refractivity contribution < 1.29 is 23.9 Å². The summed E-state index contributed by atoms with van der Waals surface area (Å²) in [6.45, 7) is 7.18. The van der Waals surface area contributed by atoms with Crippen molar-refractivity contribution in [2.75, 3.05) is 13.2 Å². The Labute approximate surface area is 113 Å². The van der Waals surface area contributed by atoms with E-state index in [1.807, 2.05) is 0 Å². The number of hydrogen-bond acceptors (Lipinski definition) is 5. The van der Waals surface area contributed by atoms with Crippen LogP contribution >= 0.6 is 0 Å². The third-order valence-electron chi connectivity index (χ3n) is 2.51. The number of carbonyl (C=O) groups excluding carboxylic acids is 3. The molecular formula is C14H20O5. The zero-order valence-electron chi connectivity index (χ0n) is 11.4. The Kier molecular flexibility index (Phi) is 8.17. The third kappa shape index (κ3) is 4.69. The maximum absolute atomic E-state index is 12.1. The molecule has 0 saturated carbocycles. The van der Waals surface area contributed by atoms with Crippen LogP contribution in [-0.4, -0.2) is 31.4 Å². The summed E-state index contributed by atoms with van der Waals surface area (Å²) >= 11 is 0. The molecule has 0 spiro atoms. The van der Waals surface area contributed by atoms with Crippen LogP contribution in [0.2, 0.25) is 0 Å². The number of rotatable bonds is 9. The summed E-state index contributed by atoms with van der Waals surface area (Å²) in [5, 5.41) is 0. The van der Waals surface area contributed by atoms with Crippen LogP contribution in [0.15, 0.2) is 24.8 Å². The smallest absolute Gasteiger partial charge is 0.324 e. The molecular weight excluding hydrogens is 248 g/mol. The molecule has 0 unspecified atom stereocenters. The van der Waals surface area contributed by atoms with Crippen LogP contribution in [0.1, 0.15) is 26.7 Å². The quantitative estimate of drug-likeness (QED) is 0.210. The van der Waals surface area contributed by atoms with Gasteiger partial charge in [-0.2, -0.15) is 0 Å². The minimum absolute atomic E-state index is 0.0371. The maximum Gasteiger partial charge on any atom is 0.324 e. The van der Waals surface area contributed by atoms with Crippen molar-refractivity contribution >= 4 is 18.2 Å². The van der Waals surface area contributed by atoms with Crippen molar-refractivity contribution in [1.82, 2.24) is 0 Å². The minimum Gasteiger partial charge on any atom is -0.465 e. The Morgan fingerprint density at radius 2 is 1.63 bits per heavy atom. The molecule has 0 bridgehead atoms. The first-order valence-corrected chi connectivity index (χ1v) is 6.14. The van der Waals surface area contributed by atoms with Gasteiger partial charge in [0.25, 0.3) is 0 Å². The Hall–Kier alpha value is -1.91. The number of aldehydes is 1. The largest absolute Gasteiger partial charge is 0.465 e. The molecule has 0 N–H and O–H groups in total. The SMILES string of the molecule is C=CCC(C/C=C/C=O)(C(=O)OCC)C(=O)OCC. The van der Waals surface area contributed by atoms with Gasteiger partial charge in [-0.15, -0.1) is 6.58 Å². The Balaban J connectivity index is 5.36. The van der Waals surface area contributed by atoms with E-state index in [1.54, 1.807) is 13.8 Å². The summed E-state index contributed by atoms with van der Waals surface area (Å²) in [7, 11) is 0. The van der Waals surface area contributed by atoms with E-state index in [0.717, 1.165) is 0 Å². The van der Waals surface area contributed by atoms with E-state index in [4.69, 9.17) is 9.47 Å². The second-order valence-corrected chi connectivity index (χ2v) is 3.78. The fourth-order valence-corrected chi connectivity index (χ4v) is 1.61. The van der Waals surface area contributed by atoms with Gasteiger partial charge in [-0.25, -0.2) is 0 Å². The van der Waals surface area contributed by atoms with E-state index in [2.05, 4.69) is 6.58 Å². The Morgan fingerprint density at radius 3 is 2.00 bits per heavy atom. The van der Waals surface area contributed by atoms with Crippen molar-refractivity contribution in [2.45, 2.75) is 26.7 Å². The maximum atomic E-state index is 12.1. The molecule has 0 radical (unpaired) electrons. The highest BCUT2D eigenvalue weighted by atomic mass is 16.6. The second kappa shape index (κ2) is 9.08. The van der Waals surface area contributed by atoms with Gasteiger partial charge in [-0.1, -0.05) is 12.2 Å². The van der Waals surface area contributed by atoms with Crippen LogP contribution in [0, 0.1) is 5.41 Å². The zero-order chi connectivity index (χ0) is 14.7. The van der Waals surface area contributed by atoms with Crippen molar-refractivity contribution in [2.24, 2.45) is 5.41 Å². The topological polar surface area (TPSA) is 69.7 Å². The number of carbonyl (C=O) groups is 3. The van der Waals surface area contributed by atoms with Gasteiger partial charge < -0.3 is 9.47 Å². The van der Waals surface area contributed by atoms with Crippen LogP contribution < -0.4 is 0 Å². The lowest BCUT2D eigenvalue weighted by Gasteiger charge is -2.26. The highest BCUT2D eigenvalue weighted by Gasteiger charge is 2.46. The van der Waals surface area contributed by atoms with Gasteiger partial charge in [-0.05, 0) is 32.8 Å². The monoisotopic (exact) mass is 268 g/mol. The minimum atomic E-state index is -1.46. The molecule has 0 rings (SSSR count). The fraction of sp³-hybridized carbons (Fsp3) is 0.500. The lowest BCUT2D eigenvalue weighted by Crippen LogP contribution is -2.41. The number of allylic oxidation sites excluding steroid dienone is 3. The van der Waals surface area contributed by atoms with E-state index in [0.29, 0.717) is 6.29 Å². The van der Waals surface area contributed by atoms with Crippen LogP contribution in [0.5, 0.6) is 0 Å². The van der Waals surface area contributed by atoms with Gasteiger partial charge in [0, 0.05) is 0 Å². The molecule has 0 aliphatic rings. The summed E-state index contributed by atoms with van der Waals surface area (Å²) in [6, 6.07) is 0. The average molecular weight is 268 g/mol. The molecule has 0 saturated heterocycles. The van der Waals surface area contributed by atoms with E-state index >= 15 is 0 Å². The van der Waals surface area contributed by atoms with Crippen molar-refractivity contribution in [3.05, 3.63) is 24.8 Å². The second-order valence-electron chi connectivity index (χ2n) is 3.78. The molecule has 0 aromatic carbocycles. The molecule has 0 heterocycles. The Bertz CT molecular complexity index is 339. The number of hydrogen-bond donors (Lipinski definition) is 0. The normalized spacial score (nSPS) is 11.1. The molecule has 106 valence electrons. The van der Waals surface area contributed by atoms with Gasteiger partial charge in [0.15, 0.2) is 5.41 Å². The van der Waals surface area contributed by atoms with Gasteiger partial charge in [0.05, 0.1) is 13.2 Å². The molecule has 0 aliphatic heterocycles. The standard InChI is InChI=1S/C14H20O5/c1-4-9-14(10-7-8-11-15,12(16)18-5-2)13(17)19-6-3/h4,7-8,11H,1,5-6,9-10H2,2-3H3/b8-7+. The van der Waals surface area contributed by atoms with Crippen molar-refractivity contribution in [3.63, 3.8) is 0 Å². The summed E-state index contributed by atoms with van der Waals surface area (Å²) in [6.07, 6.45) is 4.85. The summed E-state index contributed by atoms with van der Waals surface area (Å²) < 4.78 is 9.90. The van der Waals surface area contributed by atoms with E-state index in [-0.39, 0.29) is 26.1 Å². The fourth-order valence-electron chi connectivity index (χ4n) is 1.61. The molecule has 0 aliphatic carbocycles. The molecule has 0 fully saturated rings.